The number of nitrogens with zero attached hydrogens (tertiary/aromatic N) is 4. The fraction of sp³-hybridized carbons (Fsp3) is 0.577. The van der Waals surface area contributed by atoms with E-state index in [1.165, 1.54) is 51.5 Å². The maximum atomic E-state index is 13.2. The molecule has 1 aliphatic carbocycles. The molecule has 1 atom stereocenters. The Labute approximate surface area is 186 Å². The van der Waals surface area contributed by atoms with Gasteiger partial charge in [-0.15, -0.1) is 0 Å². The number of hydrogen-bond acceptors (Lipinski definition) is 4. The Morgan fingerprint density at radius 3 is 2.42 bits per heavy atom. The Bertz CT molecular complexity index is 792. The first-order valence-corrected chi connectivity index (χ1v) is 12.1. The van der Waals surface area contributed by atoms with Crippen LogP contribution in [0.1, 0.15) is 62.5 Å². The molecule has 5 heteroatoms. The van der Waals surface area contributed by atoms with Crippen molar-refractivity contribution in [2.45, 2.75) is 70.4 Å². The average Bonchev–Trinajstić information content (AvgIpc) is 2.84. The number of piperidine rings is 1. The molecule has 4 rings (SSSR count). The van der Waals surface area contributed by atoms with Gasteiger partial charge in [-0.25, -0.2) is 0 Å². The van der Waals surface area contributed by atoms with Crippen molar-refractivity contribution in [3.05, 3.63) is 60.2 Å². The van der Waals surface area contributed by atoms with Gasteiger partial charge in [0.25, 0.3) is 0 Å². The second-order valence-corrected chi connectivity index (χ2v) is 9.29. The molecule has 2 aromatic heterocycles. The van der Waals surface area contributed by atoms with Gasteiger partial charge in [0.15, 0.2) is 0 Å². The van der Waals surface area contributed by atoms with Crippen LogP contribution in [0.4, 0.5) is 0 Å². The van der Waals surface area contributed by atoms with E-state index in [0.29, 0.717) is 18.9 Å². The van der Waals surface area contributed by atoms with Gasteiger partial charge in [0.1, 0.15) is 0 Å². The van der Waals surface area contributed by atoms with Crippen LogP contribution in [0.25, 0.3) is 0 Å². The molecule has 0 spiro atoms. The number of likely N-dealkylation sites (tertiary alicyclic amines) is 1. The molecule has 1 saturated carbocycles. The number of aromatic nitrogens is 2. The first-order chi connectivity index (χ1) is 15.3. The van der Waals surface area contributed by atoms with E-state index >= 15 is 0 Å². The maximum Gasteiger partial charge on any atom is 0.223 e. The van der Waals surface area contributed by atoms with Crippen LogP contribution < -0.4 is 0 Å². The molecule has 2 fully saturated rings. The highest BCUT2D eigenvalue weighted by Gasteiger charge is 2.29. The minimum Gasteiger partial charge on any atom is -0.338 e. The van der Waals surface area contributed by atoms with Crippen molar-refractivity contribution in [2.24, 2.45) is 5.92 Å². The summed E-state index contributed by atoms with van der Waals surface area (Å²) in [6.07, 6.45) is 18.0. The molecule has 0 N–H and O–H groups in total. The molecule has 5 nitrogen and oxygen atoms in total. The van der Waals surface area contributed by atoms with Crippen LogP contribution in [0.15, 0.2) is 49.1 Å². The van der Waals surface area contributed by atoms with Crippen molar-refractivity contribution < 1.29 is 4.79 Å². The van der Waals surface area contributed by atoms with Crippen LogP contribution >= 0.6 is 0 Å². The molecule has 3 heterocycles. The molecule has 0 bridgehead atoms. The van der Waals surface area contributed by atoms with Crippen molar-refractivity contribution in [1.29, 1.82) is 0 Å². The first kappa shape index (κ1) is 21.9. The molecule has 166 valence electrons. The van der Waals surface area contributed by atoms with Crippen molar-refractivity contribution >= 4 is 5.91 Å². The van der Waals surface area contributed by atoms with Gasteiger partial charge in [-0.1, -0.05) is 31.4 Å². The lowest BCUT2D eigenvalue weighted by Crippen LogP contribution is -2.47. The number of pyridine rings is 2. The number of hydrogen-bond donors (Lipinski definition) is 0. The third-order valence-electron chi connectivity index (χ3n) is 6.92. The minimum absolute atomic E-state index is 0.238. The number of amides is 1. The second-order valence-electron chi connectivity index (χ2n) is 9.29. The highest BCUT2D eigenvalue weighted by molar-refractivity contribution is 5.76. The van der Waals surface area contributed by atoms with Gasteiger partial charge < -0.3 is 9.80 Å². The zero-order valence-electron chi connectivity index (χ0n) is 18.7. The quantitative estimate of drug-likeness (QED) is 0.632. The highest BCUT2D eigenvalue weighted by Crippen LogP contribution is 2.28. The van der Waals surface area contributed by atoms with Crippen LogP contribution in [-0.2, 0) is 17.8 Å². The monoisotopic (exact) mass is 420 g/mol. The summed E-state index contributed by atoms with van der Waals surface area (Å²) in [6.45, 7) is 3.88. The zero-order chi connectivity index (χ0) is 21.3. The molecule has 1 aliphatic heterocycles. The number of rotatable bonds is 8. The van der Waals surface area contributed by atoms with E-state index < -0.39 is 0 Å². The molecule has 0 aromatic carbocycles. The normalized spacial score (nSPS) is 20.5. The predicted molar refractivity (Wildman–Crippen MR) is 123 cm³/mol. The third kappa shape index (κ3) is 6.60. The summed E-state index contributed by atoms with van der Waals surface area (Å²) in [5.74, 6) is 0.803. The second kappa shape index (κ2) is 11.4. The summed E-state index contributed by atoms with van der Waals surface area (Å²) in [7, 11) is 0. The van der Waals surface area contributed by atoms with Gasteiger partial charge >= 0.3 is 0 Å². The number of aryl methyl sites for hydroxylation is 1. The summed E-state index contributed by atoms with van der Waals surface area (Å²) in [6, 6.07) is 8.79. The molecule has 1 amide bonds. The number of carbonyl (C=O) groups is 1. The van der Waals surface area contributed by atoms with Gasteiger partial charge in [0, 0.05) is 56.9 Å². The van der Waals surface area contributed by atoms with Crippen LogP contribution in [0.3, 0.4) is 0 Å². The fourth-order valence-electron chi connectivity index (χ4n) is 5.26. The number of carbonyl (C=O) groups excluding carboxylic acids is 1. The van der Waals surface area contributed by atoms with Crippen molar-refractivity contribution in [1.82, 2.24) is 19.8 Å². The molecular weight excluding hydrogens is 384 g/mol. The van der Waals surface area contributed by atoms with Crippen LogP contribution in [0, 0.1) is 5.92 Å². The van der Waals surface area contributed by atoms with E-state index in [0.717, 1.165) is 36.7 Å². The Hall–Kier alpha value is -2.27. The lowest BCUT2D eigenvalue weighted by Gasteiger charge is -2.41. The van der Waals surface area contributed by atoms with Crippen molar-refractivity contribution in [3.8, 4) is 0 Å². The SMILES string of the molecule is O=C(CCc1cccnc1)N(Cc1cccnc1)CC1CCCN(C2CCCCC2)C1. The van der Waals surface area contributed by atoms with Gasteiger partial charge in [0.2, 0.25) is 5.91 Å². The Balaban J connectivity index is 1.38. The third-order valence-corrected chi connectivity index (χ3v) is 6.92. The minimum atomic E-state index is 0.238. The fourth-order valence-corrected chi connectivity index (χ4v) is 5.26. The van der Waals surface area contributed by atoms with Gasteiger partial charge in [0.05, 0.1) is 0 Å². The predicted octanol–water partition coefficient (Wildman–Crippen LogP) is 4.48. The standard InChI is InChI=1S/C26H36N4O/c31-26(13-12-22-7-4-14-27-17-22)30(19-23-8-5-15-28-18-23)21-24-9-6-16-29(20-24)25-10-2-1-3-11-25/h4-5,7-8,14-15,17-18,24-25H,1-3,6,9-13,16,19-21H2. The van der Waals surface area contributed by atoms with Crippen molar-refractivity contribution in [3.63, 3.8) is 0 Å². The van der Waals surface area contributed by atoms with Gasteiger partial charge in [-0.3, -0.25) is 14.8 Å². The average molecular weight is 421 g/mol. The van der Waals surface area contributed by atoms with Gasteiger partial charge in [-0.2, -0.15) is 0 Å². The van der Waals surface area contributed by atoms with E-state index in [9.17, 15) is 4.79 Å². The molecule has 1 unspecified atom stereocenters. The molecule has 2 aliphatic rings. The summed E-state index contributed by atoms with van der Waals surface area (Å²) >= 11 is 0. The molecule has 2 aromatic rings. The molecule has 31 heavy (non-hydrogen) atoms. The Morgan fingerprint density at radius 1 is 0.968 bits per heavy atom. The first-order valence-electron chi connectivity index (χ1n) is 12.1. The van der Waals surface area contributed by atoms with E-state index in [2.05, 4.69) is 31.9 Å². The van der Waals surface area contributed by atoms with Crippen LogP contribution in [-0.4, -0.2) is 51.4 Å². The highest BCUT2D eigenvalue weighted by atomic mass is 16.2. The maximum absolute atomic E-state index is 13.2. The summed E-state index contributed by atoms with van der Waals surface area (Å²) < 4.78 is 0. The summed E-state index contributed by atoms with van der Waals surface area (Å²) in [5, 5.41) is 0. The smallest absolute Gasteiger partial charge is 0.223 e. The molecule has 1 saturated heterocycles. The lowest BCUT2D eigenvalue weighted by atomic mass is 9.90. The van der Waals surface area contributed by atoms with Crippen LogP contribution in [0.2, 0.25) is 0 Å². The van der Waals surface area contributed by atoms with E-state index in [4.69, 9.17) is 0 Å². The van der Waals surface area contributed by atoms with E-state index in [1.807, 2.05) is 24.5 Å². The largest absolute Gasteiger partial charge is 0.338 e. The Kier molecular flexibility index (Phi) is 8.05. The molecule has 0 radical (unpaired) electrons. The lowest BCUT2D eigenvalue weighted by molar-refractivity contribution is -0.132. The van der Waals surface area contributed by atoms with Gasteiger partial charge in [-0.05, 0) is 67.8 Å². The Morgan fingerprint density at radius 2 is 1.71 bits per heavy atom. The van der Waals surface area contributed by atoms with E-state index in [1.54, 1.807) is 12.4 Å². The van der Waals surface area contributed by atoms with Crippen LogP contribution in [0.5, 0.6) is 0 Å². The summed E-state index contributed by atoms with van der Waals surface area (Å²) in [5.41, 5.74) is 2.23. The molecular formula is C26H36N4O. The van der Waals surface area contributed by atoms with Crippen molar-refractivity contribution in [2.75, 3.05) is 19.6 Å². The topological polar surface area (TPSA) is 49.3 Å². The zero-order valence-corrected chi connectivity index (χ0v) is 18.7. The summed E-state index contributed by atoms with van der Waals surface area (Å²) in [4.78, 5) is 26.5. The van der Waals surface area contributed by atoms with E-state index in [-0.39, 0.29) is 5.91 Å².